The van der Waals surface area contributed by atoms with Crippen molar-refractivity contribution in [3.8, 4) is 5.69 Å². The third kappa shape index (κ3) is 3.89. The van der Waals surface area contributed by atoms with E-state index in [0.717, 1.165) is 15.9 Å². The van der Waals surface area contributed by atoms with E-state index in [4.69, 9.17) is 0 Å². The molecule has 0 aliphatic heterocycles. The van der Waals surface area contributed by atoms with E-state index in [-0.39, 0.29) is 5.91 Å². The molecule has 1 heterocycles. The molecule has 1 aromatic carbocycles. The van der Waals surface area contributed by atoms with Crippen molar-refractivity contribution < 1.29 is 4.79 Å². The van der Waals surface area contributed by atoms with Crippen LogP contribution in [0.2, 0.25) is 0 Å². The molecule has 0 radical (unpaired) electrons. The van der Waals surface area contributed by atoms with E-state index < -0.39 is 5.41 Å². The third-order valence-corrected chi connectivity index (χ3v) is 4.74. The van der Waals surface area contributed by atoms with Crippen LogP contribution in [-0.2, 0) is 4.79 Å². The minimum Gasteiger partial charge on any atom is -0.323 e. The van der Waals surface area contributed by atoms with Crippen molar-refractivity contribution in [3.05, 3.63) is 41.1 Å². The first-order valence-electron chi connectivity index (χ1n) is 6.54. The summed E-state index contributed by atoms with van der Waals surface area (Å²) in [6.07, 6.45) is 5.47. The molecule has 0 unspecified atom stereocenters. The van der Waals surface area contributed by atoms with Crippen LogP contribution in [0.5, 0.6) is 0 Å². The van der Waals surface area contributed by atoms with Gasteiger partial charge in [-0.1, -0.05) is 26.0 Å². The van der Waals surface area contributed by atoms with Crippen molar-refractivity contribution in [2.45, 2.75) is 13.8 Å². The van der Waals surface area contributed by atoms with Crippen molar-refractivity contribution in [2.24, 2.45) is 5.41 Å². The molecule has 4 nitrogen and oxygen atoms in total. The van der Waals surface area contributed by atoms with E-state index in [2.05, 4.69) is 26.3 Å². The Kier molecular flexibility index (Phi) is 5.11. The molecular formula is C15H18BrN3OS. The number of hydrogen-bond acceptors (Lipinski definition) is 3. The highest BCUT2D eigenvalue weighted by Crippen LogP contribution is 2.24. The lowest BCUT2D eigenvalue weighted by Crippen LogP contribution is -2.32. The molecule has 1 aromatic heterocycles. The van der Waals surface area contributed by atoms with Gasteiger partial charge in [-0.25, -0.2) is 4.68 Å². The summed E-state index contributed by atoms with van der Waals surface area (Å²) in [6, 6.07) is 7.81. The molecule has 1 N–H and O–H groups in total. The largest absolute Gasteiger partial charge is 0.323 e. The molecular weight excluding hydrogens is 350 g/mol. The predicted molar refractivity (Wildman–Crippen MR) is 92.1 cm³/mol. The standard InChI is InChI=1S/C15H18BrN3OS/c1-15(2,10-21-3)14(20)18-11-8-17-19(9-11)13-7-5-4-6-12(13)16/h4-9H,10H2,1-3H3,(H,18,20). The normalized spacial score (nSPS) is 11.4. The third-order valence-electron chi connectivity index (χ3n) is 3.06. The second-order valence-corrected chi connectivity index (χ2v) is 7.12. The molecule has 1 amide bonds. The van der Waals surface area contributed by atoms with Crippen LogP contribution in [0, 0.1) is 5.41 Å². The van der Waals surface area contributed by atoms with Gasteiger partial charge in [0.2, 0.25) is 5.91 Å². The fourth-order valence-corrected chi connectivity index (χ4v) is 3.20. The van der Waals surface area contributed by atoms with Crippen molar-refractivity contribution in [1.29, 1.82) is 0 Å². The average molecular weight is 368 g/mol. The van der Waals surface area contributed by atoms with Crippen molar-refractivity contribution in [1.82, 2.24) is 9.78 Å². The molecule has 0 aliphatic carbocycles. The van der Waals surface area contributed by atoms with Crippen molar-refractivity contribution in [3.63, 3.8) is 0 Å². The van der Waals surface area contributed by atoms with Gasteiger partial charge < -0.3 is 5.32 Å². The maximum absolute atomic E-state index is 12.3. The molecule has 21 heavy (non-hydrogen) atoms. The quantitative estimate of drug-likeness (QED) is 0.869. The highest BCUT2D eigenvalue weighted by Gasteiger charge is 2.27. The summed E-state index contributed by atoms with van der Waals surface area (Å²) >= 11 is 5.16. The number of carbonyl (C=O) groups is 1. The summed E-state index contributed by atoms with van der Waals surface area (Å²) in [7, 11) is 0. The Morgan fingerprint density at radius 1 is 1.43 bits per heavy atom. The highest BCUT2D eigenvalue weighted by atomic mass is 79.9. The number of aromatic nitrogens is 2. The maximum Gasteiger partial charge on any atom is 0.230 e. The maximum atomic E-state index is 12.3. The summed E-state index contributed by atoms with van der Waals surface area (Å²) in [4.78, 5) is 12.3. The summed E-state index contributed by atoms with van der Waals surface area (Å²) in [5, 5.41) is 7.22. The lowest BCUT2D eigenvalue weighted by molar-refractivity contribution is -0.122. The number of halogens is 1. The molecule has 0 saturated heterocycles. The van der Waals surface area contributed by atoms with Gasteiger partial charge >= 0.3 is 0 Å². The zero-order chi connectivity index (χ0) is 15.5. The van der Waals surface area contributed by atoms with Gasteiger partial charge in [-0.05, 0) is 34.3 Å². The van der Waals surface area contributed by atoms with Gasteiger partial charge in [0.05, 0.1) is 29.2 Å². The lowest BCUT2D eigenvalue weighted by atomic mass is 9.95. The number of amides is 1. The minimum atomic E-state index is -0.408. The van der Waals surface area contributed by atoms with Crippen LogP contribution in [0.3, 0.4) is 0 Å². The number of hydrogen-bond donors (Lipinski definition) is 1. The molecule has 2 rings (SSSR count). The van der Waals surface area contributed by atoms with E-state index in [9.17, 15) is 4.79 Å². The van der Waals surface area contributed by atoms with Crippen LogP contribution >= 0.6 is 27.7 Å². The molecule has 2 aromatic rings. The Morgan fingerprint density at radius 3 is 2.81 bits per heavy atom. The van der Waals surface area contributed by atoms with Crippen LogP contribution < -0.4 is 5.32 Å². The van der Waals surface area contributed by atoms with E-state index in [1.54, 1.807) is 22.6 Å². The molecule has 0 aliphatic rings. The van der Waals surface area contributed by atoms with Gasteiger partial charge in [-0.3, -0.25) is 4.79 Å². The van der Waals surface area contributed by atoms with Crippen LogP contribution in [0.15, 0.2) is 41.1 Å². The second-order valence-electron chi connectivity index (χ2n) is 5.40. The van der Waals surface area contributed by atoms with Crippen LogP contribution in [0.1, 0.15) is 13.8 Å². The number of nitrogens with one attached hydrogen (secondary N) is 1. The highest BCUT2D eigenvalue weighted by molar-refractivity contribution is 9.10. The molecule has 0 atom stereocenters. The van der Waals surface area contributed by atoms with E-state index in [1.165, 1.54) is 0 Å². The van der Waals surface area contributed by atoms with Crippen LogP contribution in [-0.4, -0.2) is 27.7 Å². The lowest BCUT2D eigenvalue weighted by Gasteiger charge is -2.21. The molecule has 0 saturated carbocycles. The first kappa shape index (κ1) is 16.1. The van der Waals surface area contributed by atoms with Crippen molar-refractivity contribution >= 4 is 39.3 Å². The number of para-hydroxylation sites is 1. The Hall–Kier alpha value is -1.27. The molecule has 6 heteroatoms. The van der Waals surface area contributed by atoms with Gasteiger partial charge in [0.1, 0.15) is 0 Å². The van der Waals surface area contributed by atoms with Crippen LogP contribution in [0.4, 0.5) is 5.69 Å². The Labute approximate surface area is 137 Å². The molecule has 0 bridgehead atoms. The zero-order valence-electron chi connectivity index (χ0n) is 12.3. The fourth-order valence-electron chi connectivity index (χ4n) is 1.88. The van der Waals surface area contributed by atoms with E-state index in [0.29, 0.717) is 5.69 Å². The number of carbonyl (C=O) groups excluding carboxylic acids is 1. The zero-order valence-corrected chi connectivity index (χ0v) is 14.7. The topological polar surface area (TPSA) is 46.9 Å². The predicted octanol–water partition coefficient (Wildman–Crippen LogP) is 3.96. The van der Waals surface area contributed by atoms with E-state index >= 15 is 0 Å². The molecule has 0 fully saturated rings. The monoisotopic (exact) mass is 367 g/mol. The summed E-state index contributed by atoms with van der Waals surface area (Å²) < 4.78 is 2.69. The van der Waals surface area contributed by atoms with Gasteiger partial charge in [-0.2, -0.15) is 16.9 Å². The summed E-state index contributed by atoms with van der Waals surface area (Å²) in [5.41, 5.74) is 1.22. The summed E-state index contributed by atoms with van der Waals surface area (Å²) in [6.45, 7) is 3.88. The van der Waals surface area contributed by atoms with E-state index in [1.807, 2.05) is 50.6 Å². The van der Waals surface area contributed by atoms with Crippen molar-refractivity contribution in [2.75, 3.05) is 17.3 Å². The van der Waals surface area contributed by atoms with Gasteiger partial charge in [0.15, 0.2) is 0 Å². The van der Waals surface area contributed by atoms with Crippen LogP contribution in [0.25, 0.3) is 5.69 Å². The number of nitrogens with zero attached hydrogens (tertiary/aromatic N) is 2. The first-order valence-corrected chi connectivity index (χ1v) is 8.73. The smallest absolute Gasteiger partial charge is 0.230 e. The summed E-state index contributed by atoms with van der Waals surface area (Å²) in [5.74, 6) is 0.778. The molecule has 0 spiro atoms. The Morgan fingerprint density at radius 2 is 2.14 bits per heavy atom. The Bertz CT molecular complexity index is 639. The number of anilines is 1. The number of thioether (sulfide) groups is 1. The SMILES string of the molecule is CSCC(C)(C)C(=O)Nc1cnn(-c2ccccc2Br)c1. The first-order chi connectivity index (χ1) is 9.94. The van der Waals surface area contributed by atoms with Gasteiger partial charge in [-0.15, -0.1) is 0 Å². The second kappa shape index (κ2) is 6.66. The minimum absolute atomic E-state index is 0.00327. The Balaban J connectivity index is 2.14. The fraction of sp³-hybridized carbons (Fsp3) is 0.333. The number of benzene rings is 1. The van der Waals surface area contributed by atoms with Gasteiger partial charge in [0, 0.05) is 10.2 Å². The average Bonchev–Trinajstić information content (AvgIpc) is 2.87. The molecule has 112 valence electrons. The number of rotatable bonds is 5. The van der Waals surface area contributed by atoms with Gasteiger partial charge in [0.25, 0.3) is 0 Å².